The standard InChI is InChI=1S/C45H38BNO/c1-45(2)39-36-26-16-12-24(13-17-26)29(36)20-33-41(39)46-42-34(21-30-25-14-18-27(19-15-25)37(30)40(42)45)48-35-22-31(23-8-4-3-5-9-23)38-28-10-6-7-11-32(28)47(33)44(38)43(35)46/h3-11,20-22,24-27H,12-19H2,1-2H3. The van der Waals surface area contributed by atoms with Crippen LogP contribution in [0.25, 0.3) is 38.6 Å². The van der Waals surface area contributed by atoms with Crippen molar-refractivity contribution >= 4 is 44.9 Å². The van der Waals surface area contributed by atoms with Gasteiger partial charge in [0.15, 0.2) is 0 Å². The lowest BCUT2D eigenvalue weighted by Gasteiger charge is -2.52. The van der Waals surface area contributed by atoms with E-state index in [9.17, 15) is 0 Å². The molecular weight excluding hydrogens is 581 g/mol. The number of benzene rings is 5. The van der Waals surface area contributed by atoms with E-state index in [1.807, 2.05) is 0 Å². The SMILES string of the molecule is CC1(C)c2c3c(cc4c2C2CCC4CC2)Oc2cc(-c4ccccc4)c4c5ccccc5n5c4c2B3c2c-5cc3c(c21)C1CCC3CC1. The van der Waals surface area contributed by atoms with Crippen molar-refractivity contribution in [1.82, 2.24) is 4.57 Å². The number of aromatic nitrogens is 1. The Morgan fingerprint density at radius 1 is 0.646 bits per heavy atom. The molecule has 0 atom stereocenters. The van der Waals surface area contributed by atoms with Gasteiger partial charge in [-0.2, -0.15) is 0 Å². The van der Waals surface area contributed by atoms with E-state index in [4.69, 9.17) is 4.74 Å². The average molecular weight is 620 g/mol. The minimum atomic E-state index is -0.0687. The number of rotatable bonds is 1. The van der Waals surface area contributed by atoms with Gasteiger partial charge in [0.25, 0.3) is 6.71 Å². The monoisotopic (exact) mass is 619 g/mol. The van der Waals surface area contributed by atoms with Gasteiger partial charge in [0.1, 0.15) is 11.5 Å². The van der Waals surface area contributed by atoms with Crippen molar-refractivity contribution in [3.63, 3.8) is 0 Å². The molecule has 2 saturated carbocycles. The Bertz CT molecular complexity index is 2490. The van der Waals surface area contributed by atoms with Crippen LogP contribution in [0, 0.1) is 0 Å². The van der Waals surface area contributed by atoms with Gasteiger partial charge in [-0.05, 0) is 160 Å². The normalized spacial score (nSPS) is 25.3. The minimum absolute atomic E-state index is 0.0687. The summed E-state index contributed by atoms with van der Waals surface area (Å²) < 4.78 is 10.0. The number of fused-ring (bicyclic) bond motifs is 8. The van der Waals surface area contributed by atoms with Crippen molar-refractivity contribution in [3.05, 3.63) is 106 Å². The van der Waals surface area contributed by atoms with Crippen LogP contribution in [-0.2, 0) is 5.41 Å². The lowest BCUT2D eigenvalue weighted by Crippen LogP contribution is -2.66. The fraction of sp³-hybridized carbons (Fsp3) is 0.333. The number of para-hydroxylation sites is 1. The van der Waals surface area contributed by atoms with Crippen molar-refractivity contribution in [2.75, 3.05) is 0 Å². The first-order chi connectivity index (χ1) is 23.6. The minimum Gasteiger partial charge on any atom is -0.458 e. The average Bonchev–Trinajstić information content (AvgIpc) is 3.48. The Kier molecular flexibility index (Phi) is 4.45. The smallest absolute Gasteiger partial charge is 0.257 e. The van der Waals surface area contributed by atoms with Gasteiger partial charge >= 0.3 is 0 Å². The van der Waals surface area contributed by atoms with Gasteiger partial charge in [0, 0.05) is 21.9 Å². The zero-order valence-electron chi connectivity index (χ0n) is 27.8. The molecule has 0 N–H and O–H groups in total. The van der Waals surface area contributed by atoms with E-state index in [2.05, 4.69) is 91.2 Å². The molecule has 4 heterocycles. The second-order valence-electron chi connectivity index (χ2n) is 16.9. The second kappa shape index (κ2) is 8.31. The van der Waals surface area contributed by atoms with E-state index in [1.54, 1.807) is 38.8 Å². The van der Waals surface area contributed by atoms with E-state index in [0.717, 1.165) is 11.5 Å². The molecule has 0 amide bonds. The van der Waals surface area contributed by atoms with Gasteiger partial charge in [0.05, 0.1) is 11.0 Å². The fourth-order valence-corrected chi connectivity index (χ4v) is 12.9. The third kappa shape index (κ3) is 2.75. The van der Waals surface area contributed by atoms with Gasteiger partial charge in [-0.3, -0.25) is 0 Å². The van der Waals surface area contributed by atoms with Crippen LogP contribution in [0.2, 0.25) is 0 Å². The lowest BCUT2D eigenvalue weighted by atomic mass is 9.28. The van der Waals surface area contributed by atoms with Crippen molar-refractivity contribution in [2.45, 2.75) is 94.3 Å². The molecule has 2 nitrogen and oxygen atoms in total. The van der Waals surface area contributed by atoms with Crippen molar-refractivity contribution in [3.8, 4) is 28.3 Å². The Balaban J connectivity index is 1.28. The summed E-state index contributed by atoms with van der Waals surface area (Å²) in [6.45, 7) is 5.45. The molecule has 5 aromatic carbocycles. The third-order valence-corrected chi connectivity index (χ3v) is 14.6. The number of hydrogen-bond donors (Lipinski definition) is 0. The third-order valence-electron chi connectivity index (χ3n) is 14.6. The molecule has 0 saturated heterocycles. The van der Waals surface area contributed by atoms with Gasteiger partial charge in [-0.15, -0.1) is 0 Å². The fourth-order valence-electron chi connectivity index (χ4n) is 12.9. The molecule has 48 heavy (non-hydrogen) atoms. The summed E-state index contributed by atoms with van der Waals surface area (Å²) in [4.78, 5) is 0. The van der Waals surface area contributed by atoms with Gasteiger partial charge in [-0.1, -0.05) is 62.4 Å². The molecule has 6 aliphatic carbocycles. The molecule has 9 aliphatic rings. The first kappa shape index (κ1) is 25.7. The summed E-state index contributed by atoms with van der Waals surface area (Å²) in [7, 11) is 0. The molecule has 2 fully saturated rings. The highest BCUT2D eigenvalue weighted by molar-refractivity contribution is 7.00. The number of nitrogens with zero attached hydrogens (tertiary/aromatic N) is 1. The summed E-state index contributed by atoms with van der Waals surface area (Å²) >= 11 is 0. The first-order valence-corrected chi connectivity index (χ1v) is 18.8. The van der Waals surface area contributed by atoms with Crippen molar-refractivity contribution in [2.24, 2.45) is 0 Å². The molecule has 0 radical (unpaired) electrons. The van der Waals surface area contributed by atoms with E-state index in [1.165, 1.54) is 101 Å². The molecule has 0 spiro atoms. The van der Waals surface area contributed by atoms with Crippen LogP contribution in [0.15, 0.2) is 72.8 Å². The molecule has 1 aromatic heterocycles. The molecule has 3 heteroatoms. The van der Waals surface area contributed by atoms with Crippen LogP contribution in [-0.4, -0.2) is 11.3 Å². The Morgan fingerprint density at radius 3 is 1.98 bits per heavy atom. The zero-order valence-corrected chi connectivity index (χ0v) is 27.8. The van der Waals surface area contributed by atoms with Crippen LogP contribution in [0.3, 0.4) is 0 Å². The van der Waals surface area contributed by atoms with Crippen molar-refractivity contribution in [1.29, 1.82) is 0 Å². The predicted octanol–water partition coefficient (Wildman–Crippen LogP) is 9.53. The van der Waals surface area contributed by atoms with E-state index >= 15 is 0 Å². The Hall–Kier alpha value is -4.24. The molecule has 232 valence electrons. The molecule has 15 rings (SSSR count). The van der Waals surface area contributed by atoms with Crippen LogP contribution in [0.1, 0.15) is 122 Å². The van der Waals surface area contributed by atoms with Gasteiger partial charge in [0.2, 0.25) is 0 Å². The largest absolute Gasteiger partial charge is 0.458 e. The zero-order chi connectivity index (χ0) is 31.2. The topological polar surface area (TPSA) is 14.2 Å². The predicted molar refractivity (Wildman–Crippen MR) is 197 cm³/mol. The maximum Gasteiger partial charge on any atom is 0.257 e. The first-order valence-electron chi connectivity index (χ1n) is 18.8. The second-order valence-corrected chi connectivity index (χ2v) is 16.9. The van der Waals surface area contributed by atoms with Crippen LogP contribution in [0.4, 0.5) is 0 Å². The summed E-state index contributed by atoms with van der Waals surface area (Å²) in [6.07, 6.45) is 10.8. The van der Waals surface area contributed by atoms with Crippen LogP contribution >= 0.6 is 0 Å². The van der Waals surface area contributed by atoms with Gasteiger partial charge in [-0.25, -0.2) is 0 Å². The van der Waals surface area contributed by atoms with Gasteiger partial charge < -0.3 is 9.30 Å². The molecular formula is C45H38BNO. The number of hydrogen-bond acceptors (Lipinski definition) is 1. The number of ether oxygens (including phenoxy) is 1. The highest BCUT2D eigenvalue weighted by Gasteiger charge is 2.55. The summed E-state index contributed by atoms with van der Waals surface area (Å²) in [5.41, 5.74) is 21.4. The molecule has 3 aliphatic heterocycles. The van der Waals surface area contributed by atoms with E-state index in [-0.39, 0.29) is 12.1 Å². The highest BCUT2D eigenvalue weighted by atomic mass is 16.5. The molecule has 6 aromatic rings. The quantitative estimate of drug-likeness (QED) is 0.167. The molecule has 0 unspecified atom stereocenters. The summed E-state index contributed by atoms with van der Waals surface area (Å²) in [6, 6.07) is 28.0. The van der Waals surface area contributed by atoms with Crippen LogP contribution in [0.5, 0.6) is 11.5 Å². The maximum atomic E-state index is 7.34. The maximum absolute atomic E-state index is 7.34. The lowest BCUT2D eigenvalue weighted by molar-refractivity contribution is 0.346. The van der Waals surface area contributed by atoms with E-state index in [0.29, 0.717) is 23.7 Å². The highest BCUT2D eigenvalue weighted by Crippen LogP contribution is 2.59. The van der Waals surface area contributed by atoms with Crippen molar-refractivity contribution < 1.29 is 4.74 Å². The molecule has 4 bridgehead atoms. The van der Waals surface area contributed by atoms with E-state index < -0.39 is 0 Å². The summed E-state index contributed by atoms with van der Waals surface area (Å²) in [5, 5.41) is 2.74. The van der Waals surface area contributed by atoms with Crippen LogP contribution < -0.4 is 21.1 Å². The Morgan fingerprint density at radius 2 is 1.25 bits per heavy atom. The summed E-state index contributed by atoms with van der Waals surface area (Å²) in [5.74, 6) is 4.99. The Labute approximate surface area is 282 Å².